The summed E-state index contributed by atoms with van der Waals surface area (Å²) in [4.78, 5) is 20.1. The SMILES string of the molecule is CC(C)(C)OC(=O)N1CCC(OC(O)(O)c2ccc(C(F)(F)F)cc2)C1.Nc1ncc(F)cn1. The second-order valence-corrected chi connectivity index (χ2v) is 8.40. The lowest BCUT2D eigenvalue weighted by Gasteiger charge is -2.27. The molecule has 34 heavy (non-hydrogen) atoms. The van der Waals surface area contributed by atoms with Gasteiger partial charge in [-0.15, -0.1) is 0 Å². The normalized spacial score (nSPS) is 16.6. The Kier molecular flexibility index (Phi) is 8.40. The fourth-order valence-electron chi connectivity index (χ4n) is 2.82. The largest absolute Gasteiger partial charge is 0.444 e. The third kappa shape index (κ3) is 8.39. The number of rotatable bonds is 3. The average molecular weight is 490 g/mol. The van der Waals surface area contributed by atoms with Gasteiger partial charge in [0.1, 0.15) is 5.60 Å². The second kappa shape index (κ2) is 10.5. The van der Waals surface area contributed by atoms with E-state index in [0.717, 1.165) is 36.7 Å². The molecule has 2 aromatic rings. The van der Waals surface area contributed by atoms with Crippen LogP contribution in [0.4, 0.5) is 28.3 Å². The van der Waals surface area contributed by atoms with Crippen molar-refractivity contribution in [1.82, 2.24) is 14.9 Å². The molecule has 9 nitrogen and oxygen atoms in total. The Morgan fingerprint density at radius 3 is 2.09 bits per heavy atom. The fraction of sp³-hybridized carbons (Fsp3) is 0.476. The van der Waals surface area contributed by atoms with E-state index in [4.69, 9.17) is 15.2 Å². The van der Waals surface area contributed by atoms with Crippen molar-refractivity contribution >= 4 is 12.0 Å². The fourth-order valence-corrected chi connectivity index (χ4v) is 2.82. The van der Waals surface area contributed by atoms with Crippen molar-refractivity contribution in [3.63, 3.8) is 0 Å². The molecule has 188 valence electrons. The Morgan fingerprint density at radius 1 is 1.09 bits per heavy atom. The highest BCUT2D eigenvalue weighted by atomic mass is 19.4. The van der Waals surface area contributed by atoms with Crippen LogP contribution in [0.25, 0.3) is 0 Å². The molecule has 3 rings (SSSR count). The highest BCUT2D eigenvalue weighted by molar-refractivity contribution is 5.68. The summed E-state index contributed by atoms with van der Waals surface area (Å²) >= 11 is 0. The monoisotopic (exact) mass is 490 g/mol. The minimum atomic E-state index is -4.52. The van der Waals surface area contributed by atoms with Crippen LogP contribution >= 0.6 is 0 Å². The van der Waals surface area contributed by atoms with Crippen LogP contribution < -0.4 is 5.73 Å². The zero-order valence-electron chi connectivity index (χ0n) is 18.7. The highest BCUT2D eigenvalue weighted by Crippen LogP contribution is 2.32. The smallest absolute Gasteiger partial charge is 0.416 e. The van der Waals surface area contributed by atoms with Crippen LogP contribution in [0.5, 0.6) is 0 Å². The van der Waals surface area contributed by atoms with Crippen LogP contribution in [-0.2, 0) is 21.6 Å². The number of carbonyl (C=O) groups excluding carboxylic acids is 1. The van der Waals surface area contributed by atoms with Gasteiger partial charge in [-0.05, 0) is 39.3 Å². The lowest BCUT2D eigenvalue weighted by Crippen LogP contribution is -2.38. The van der Waals surface area contributed by atoms with E-state index in [1.165, 1.54) is 4.90 Å². The number of likely N-dealkylation sites (tertiary alicyclic amines) is 1. The first-order valence-electron chi connectivity index (χ1n) is 10.1. The lowest BCUT2D eigenvalue weighted by molar-refractivity contribution is -0.364. The number of alkyl halides is 3. The molecule has 1 fully saturated rings. The van der Waals surface area contributed by atoms with Crippen molar-refractivity contribution < 1.29 is 42.0 Å². The van der Waals surface area contributed by atoms with Gasteiger partial charge in [-0.25, -0.2) is 19.2 Å². The van der Waals surface area contributed by atoms with Gasteiger partial charge < -0.3 is 30.3 Å². The van der Waals surface area contributed by atoms with E-state index in [-0.39, 0.29) is 18.1 Å². The number of hydrogen-bond donors (Lipinski definition) is 3. The van der Waals surface area contributed by atoms with Crippen molar-refractivity contribution in [3.05, 3.63) is 53.6 Å². The molecular weight excluding hydrogens is 464 g/mol. The molecule has 0 saturated carbocycles. The first-order valence-corrected chi connectivity index (χ1v) is 10.1. The van der Waals surface area contributed by atoms with Gasteiger partial charge in [0, 0.05) is 12.1 Å². The van der Waals surface area contributed by atoms with Crippen LogP contribution in [0.3, 0.4) is 0 Å². The molecule has 1 saturated heterocycles. The van der Waals surface area contributed by atoms with Gasteiger partial charge in [0.25, 0.3) is 0 Å². The first kappa shape index (κ1) is 27.2. The molecule has 1 aromatic heterocycles. The van der Waals surface area contributed by atoms with Gasteiger partial charge in [0.15, 0.2) is 5.82 Å². The molecule has 1 unspecified atom stereocenters. The van der Waals surface area contributed by atoms with E-state index >= 15 is 0 Å². The van der Waals surface area contributed by atoms with E-state index < -0.39 is 41.3 Å². The molecule has 0 bridgehead atoms. The molecule has 2 heterocycles. The maximum Gasteiger partial charge on any atom is 0.416 e. The number of hydrogen-bond acceptors (Lipinski definition) is 8. The van der Waals surface area contributed by atoms with Gasteiger partial charge in [-0.2, -0.15) is 13.2 Å². The number of nitrogen functional groups attached to an aromatic ring is 1. The summed E-state index contributed by atoms with van der Waals surface area (Å²) < 4.78 is 60.1. The number of carbonyl (C=O) groups is 1. The average Bonchev–Trinajstić information content (AvgIpc) is 3.17. The van der Waals surface area contributed by atoms with Gasteiger partial charge in [-0.3, -0.25) is 0 Å². The predicted molar refractivity (Wildman–Crippen MR) is 111 cm³/mol. The standard InChI is InChI=1S/C17H22F3NO5.C4H4FN3/c1-15(2,3)26-14(22)21-9-8-13(10-21)25-17(23,24)12-6-4-11(5-7-12)16(18,19)20;5-3-1-7-4(6)8-2-3/h4-7,13,23-24H,8-10H2,1-3H3;1-2H,(H2,6,7,8). The number of nitrogens with zero attached hydrogens (tertiary/aromatic N) is 3. The summed E-state index contributed by atoms with van der Waals surface area (Å²) in [5, 5.41) is 20.1. The topological polar surface area (TPSA) is 131 Å². The number of aromatic nitrogens is 2. The first-order chi connectivity index (χ1) is 15.6. The molecule has 0 spiro atoms. The van der Waals surface area contributed by atoms with E-state index in [1.54, 1.807) is 20.8 Å². The summed E-state index contributed by atoms with van der Waals surface area (Å²) in [6.07, 6.45) is -3.39. The van der Waals surface area contributed by atoms with Crippen molar-refractivity contribution in [3.8, 4) is 0 Å². The van der Waals surface area contributed by atoms with Gasteiger partial charge in [0.2, 0.25) is 5.95 Å². The van der Waals surface area contributed by atoms with E-state index in [2.05, 4.69) is 9.97 Å². The van der Waals surface area contributed by atoms with Gasteiger partial charge >= 0.3 is 18.2 Å². The molecule has 1 aromatic carbocycles. The number of benzene rings is 1. The van der Waals surface area contributed by atoms with Gasteiger partial charge in [0.05, 0.1) is 30.6 Å². The van der Waals surface area contributed by atoms with Crippen molar-refractivity contribution in [2.75, 3.05) is 18.8 Å². The summed E-state index contributed by atoms with van der Waals surface area (Å²) in [6.45, 7) is 5.57. The van der Waals surface area contributed by atoms with Crippen LogP contribution in [0.15, 0.2) is 36.7 Å². The lowest BCUT2D eigenvalue weighted by atomic mass is 10.1. The molecule has 1 aliphatic rings. The maximum atomic E-state index is 12.6. The van der Waals surface area contributed by atoms with Crippen molar-refractivity contribution in [2.45, 2.75) is 51.0 Å². The van der Waals surface area contributed by atoms with Crippen molar-refractivity contribution in [1.29, 1.82) is 0 Å². The predicted octanol–water partition coefficient (Wildman–Crippen LogP) is 3.02. The Balaban J connectivity index is 0.000000430. The number of ether oxygens (including phenoxy) is 2. The van der Waals surface area contributed by atoms with E-state index in [1.807, 2.05) is 0 Å². The number of nitrogens with two attached hydrogens (primary N) is 1. The maximum absolute atomic E-state index is 12.6. The Hall–Kier alpha value is -3.03. The Bertz CT molecular complexity index is 927. The summed E-state index contributed by atoms with van der Waals surface area (Å²) in [6, 6.07) is 3.34. The van der Waals surface area contributed by atoms with Crippen LogP contribution in [0.2, 0.25) is 0 Å². The minimum Gasteiger partial charge on any atom is -0.444 e. The van der Waals surface area contributed by atoms with Crippen molar-refractivity contribution in [2.24, 2.45) is 0 Å². The van der Waals surface area contributed by atoms with Crippen LogP contribution in [-0.4, -0.2) is 56.0 Å². The number of halogens is 4. The summed E-state index contributed by atoms with van der Waals surface area (Å²) in [5.74, 6) is -3.15. The number of aliphatic hydroxyl groups is 2. The molecule has 1 amide bonds. The molecule has 1 atom stereocenters. The van der Waals surface area contributed by atoms with Crippen LogP contribution in [0.1, 0.15) is 38.3 Å². The molecule has 1 aliphatic heterocycles. The Morgan fingerprint density at radius 2 is 1.62 bits per heavy atom. The molecule has 13 heteroatoms. The second-order valence-electron chi connectivity index (χ2n) is 8.40. The van der Waals surface area contributed by atoms with E-state index in [9.17, 15) is 32.6 Å². The number of anilines is 1. The van der Waals surface area contributed by atoms with E-state index in [0.29, 0.717) is 13.0 Å². The molecule has 0 radical (unpaired) electrons. The third-order valence-electron chi connectivity index (χ3n) is 4.36. The zero-order valence-corrected chi connectivity index (χ0v) is 18.7. The molecule has 4 N–H and O–H groups in total. The number of amides is 1. The van der Waals surface area contributed by atoms with Gasteiger partial charge in [-0.1, -0.05) is 12.1 Å². The summed E-state index contributed by atoms with van der Waals surface area (Å²) in [7, 11) is 0. The van der Waals surface area contributed by atoms with Crippen LogP contribution in [0, 0.1) is 5.82 Å². The minimum absolute atomic E-state index is 0.0818. The molecular formula is C21H26F4N4O5. The zero-order chi connectivity index (χ0) is 25.7. The quantitative estimate of drug-likeness (QED) is 0.442. The Labute approximate surface area is 193 Å². The highest BCUT2D eigenvalue weighted by Gasteiger charge is 2.38. The molecule has 0 aliphatic carbocycles. The summed E-state index contributed by atoms with van der Waals surface area (Å²) in [5.41, 5.74) is 3.24. The third-order valence-corrected chi connectivity index (χ3v) is 4.36.